The van der Waals surface area contributed by atoms with Crippen molar-refractivity contribution < 1.29 is 5.11 Å². The molecule has 2 aromatic rings. The van der Waals surface area contributed by atoms with Gasteiger partial charge >= 0.3 is 0 Å². The number of aliphatic imine (C=N–C) groups is 1. The van der Waals surface area contributed by atoms with E-state index < -0.39 is 0 Å². The van der Waals surface area contributed by atoms with Crippen molar-refractivity contribution in [3.05, 3.63) is 132 Å². The van der Waals surface area contributed by atoms with Crippen molar-refractivity contribution in [2.45, 2.75) is 58.8 Å². The first-order valence-electron chi connectivity index (χ1n) is 17.7. The van der Waals surface area contributed by atoms with E-state index in [1.165, 1.54) is 12.8 Å². The first kappa shape index (κ1) is 31.5. The van der Waals surface area contributed by atoms with E-state index in [0.717, 1.165) is 35.2 Å². The molecule has 0 aromatic heterocycles. The lowest BCUT2D eigenvalue weighted by Gasteiger charge is -2.48. The van der Waals surface area contributed by atoms with Gasteiger partial charge in [-0.2, -0.15) is 0 Å². The van der Waals surface area contributed by atoms with E-state index in [-0.39, 0.29) is 10.8 Å². The van der Waals surface area contributed by atoms with Crippen molar-refractivity contribution in [2.75, 3.05) is 0 Å². The number of phenols is 1. The molecular weight excluding hydrogens is 571 g/mol. The quantitative estimate of drug-likeness (QED) is 0.253. The Labute approximate surface area is 282 Å². The Kier molecular flexibility index (Phi) is 8.61. The van der Waals surface area contributed by atoms with Crippen LogP contribution in [0.15, 0.2) is 120 Å². The van der Waals surface area contributed by atoms with Gasteiger partial charge in [-0.05, 0) is 113 Å². The highest BCUT2D eigenvalue weighted by Gasteiger charge is 2.58. The molecule has 5 aliphatic rings. The van der Waals surface area contributed by atoms with Crippen molar-refractivity contribution >= 4 is 11.9 Å². The number of para-hydroxylation sites is 1. The molecule has 8 atom stereocenters. The van der Waals surface area contributed by atoms with Gasteiger partial charge in [0.2, 0.25) is 0 Å². The first-order valence-corrected chi connectivity index (χ1v) is 17.7. The van der Waals surface area contributed by atoms with Gasteiger partial charge < -0.3 is 5.11 Å². The Bertz CT molecular complexity index is 1710. The van der Waals surface area contributed by atoms with Crippen LogP contribution in [-0.2, 0) is 5.41 Å². The summed E-state index contributed by atoms with van der Waals surface area (Å²) >= 11 is 0. The van der Waals surface area contributed by atoms with E-state index in [1.807, 2.05) is 30.3 Å². The summed E-state index contributed by atoms with van der Waals surface area (Å²) in [5.41, 5.74) is 3.58. The average molecular weight is 620 g/mol. The van der Waals surface area contributed by atoms with Crippen molar-refractivity contribution in [1.29, 1.82) is 0 Å². The molecule has 2 aromatic carbocycles. The summed E-state index contributed by atoms with van der Waals surface area (Å²) in [5, 5.41) is 10.8. The lowest BCUT2D eigenvalue weighted by molar-refractivity contribution is 0.0295. The molecule has 2 saturated carbocycles. The van der Waals surface area contributed by atoms with Crippen LogP contribution in [0.25, 0.3) is 0 Å². The molecule has 240 valence electrons. The molecule has 8 unspecified atom stereocenters. The van der Waals surface area contributed by atoms with Crippen LogP contribution < -0.4 is 0 Å². The standard InChI is InChI=1S/C45H49NO/c1-44(2,3)41-22-13-16-33(43(41)47)30-46-34-26-23-31(24-27-34)14-11-12-29-45(4,40-28-25-32-15-5-6-17-35(32)40)42-38-20-9-7-18-36(38)37-19-8-10-21-39(37)42/h5-10,13,15-24,26-27,30,32,35-40,42,47H,12,25,28-29H2,1-4H3. The minimum atomic E-state index is -0.133. The number of hydrogen-bond acceptors (Lipinski definition) is 2. The summed E-state index contributed by atoms with van der Waals surface area (Å²) in [4.78, 5) is 4.65. The van der Waals surface area contributed by atoms with Crippen molar-refractivity contribution in [1.82, 2.24) is 0 Å². The summed E-state index contributed by atoms with van der Waals surface area (Å²) < 4.78 is 0. The van der Waals surface area contributed by atoms with Crippen LogP contribution in [0.3, 0.4) is 0 Å². The van der Waals surface area contributed by atoms with Crippen LogP contribution >= 0.6 is 0 Å². The zero-order valence-corrected chi connectivity index (χ0v) is 28.4. The predicted molar refractivity (Wildman–Crippen MR) is 197 cm³/mol. The molecule has 0 heterocycles. The van der Waals surface area contributed by atoms with Gasteiger partial charge in [0.15, 0.2) is 0 Å². The predicted octanol–water partition coefficient (Wildman–Crippen LogP) is 10.7. The third-order valence-electron chi connectivity index (χ3n) is 12.0. The maximum atomic E-state index is 10.8. The van der Waals surface area contributed by atoms with Gasteiger partial charge in [-0.25, -0.2) is 0 Å². The molecule has 5 aliphatic carbocycles. The molecule has 0 saturated heterocycles. The van der Waals surface area contributed by atoms with Gasteiger partial charge in [0, 0.05) is 23.8 Å². The van der Waals surface area contributed by atoms with E-state index >= 15 is 0 Å². The molecule has 47 heavy (non-hydrogen) atoms. The zero-order chi connectivity index (χ0) is 32.6. The molecule has 0 amide bonds. The third-order valence-corrected chi connectivity index (χ3v) is 12.0. The Morgan fingerprint density at radius 2 is 1.36 bits per heavy atom. The lowest BCUT2D eigenvalue weighted by atomic mass is 9.56. The minimum absolute atomic E-state index is 0.133. The second-order valence-corrected chi connectivity index (χ2v) is 15.7. The van der Waals surface area contributed by atoms with Gasteiger partial charge in [0.25, 0.3) is 0 Å². The van der Waals surface area contributed by atoms with Crippen LogP contribution in [0.5, 0.6) is 5.75 Å². The average Bonchev–Trinajstić information content (AvgIpc) is 3.67. The van der Waals surface area contributed by atoms with Crippen molar-refractivity contribution in [3.8, 4) is 17.6 Å². The molecular formula is C45H49NO. The molecule has 0 bridgehead atoms. The van der Waals surface area contributed by atoms with E-state index in [2.05, 4.69) is 130 Å². The van der Waals surface area contributed by atoms with Crippen molar-refractivity contribution in [2.24, 2.45) is 57.8 Å². The fourth-order valence-corrected chi connectivity index (χ4v) is 9.77. The first-order chi connectivity index (χ1) is 22.7. The zero-order valence-electron chi connectivity index (χ0n) is 28.4. The third kappa shape index (κ3) is 6.07. The van der Waals surface area contributed by atoms with Gasteiger partial charge in [0.1, 0.15) is 5.75 Å². The number of aromatic hydroxyl groups is 1. The molecule has 2 nitrogen and oxygen atoms in total. The Morgan fingerprint density at radius 3 is 2.02 bits per heavy atom. The summed E-state index contributed by atoms with van der Waals surface area (Å²) in [7, 11) is 0. The van der Waals surface area contributed by atoms with Crippen LogP contribution in [0.4, 0.5) is 5.69 Å². The molecule has 7 rings (SSSR count). The molecule has 1 N–H and O–H groups in total. The van der Waals surface area contributed by atoms with Crippen LogP contribution in [0, 0.1) is 64.6 Å². The van der Waals surface area contributed by atoms with Crippen LogP contribution in [0.2, 0.25) is 0 Å². The van der Waals surface area contributed by atoms with E-state index in [9.17, 15) is 5.11 Å². The fourth-order valence-electron chi connectivity index (χ4n) is 9.77. The van der Waals surface area contributed by atoms with E-state index in [0.29, 0.717) is 53.1 Å². The summed E-state index contributed by atoms with van der Waals surface area (Å²) in [6, 6.07) is 14.0. The second kappa shape index (κ2) is 12.8. The molecule has 0 spiro atoms. The van der Waals surface area contributed by atoms with Crippen molar-refractivity contribution in [3.63, 3.8) is 0 Å². The topological polar surface area (TPSA) is 32.6 Å². The SMILES string of the molecule is CC(C)(C)c1cccc(C=Nc2ccc(C#CCCC(C)(C3CCC4C=CC=CC43)C3C4C=CC=CC4C4C=CC=CC43)cc2)c1O. The summed E-state index contributed by atoms with van der Waals surface area (Å²) in [5.74, 6) is 12.3. The number of hydrogen-bond donors (Lipinski definition) is 1. The Hall–Kier alpha value is -4.09. The van der Waals surface area contributed by atoms with E-state index in [1.54, 1.807) is 6.21 Å². The lowest BCUT2D eigenvalue weighted by Crippen LogP contribution is -2.42. The fraction of sp³-hybridized carbons (Fsp3) is 0.400. The van der Waals surface area contributed by atoms with Gasteiger partial charge in [-0.3, -0.25) is 4.99 Å². The monoisotopic (exact) mass is 619 g/mol. The Morgan fingerprint density at radius 1 is 0.745 bits per heavy atom. The summed E-state index contributed by atoms with van der Waals surface area (Å²) in [6.45, 7) is 8.96. The number of allylic oxidation sites excluding steroid dienone is 12. The van der Waals surface area contributed by atoms with Gasteiger partial charge in [0.05, 0.1) is 5.69 Å². The highest BCUT2D eigenvalue weighted by atomic mass is 16.3. The number of phenolic OH excluding ortho intramolecular Hbond substituents is 1. The number of fused-ring (bicyclic) bond motifs is 4. The maximum absolute atomic E-state index is 10.8. The second-order valence-electron chi connectivity index (χ2n) is 15.7. The number of benzene rings is 2. The number of rotatable bonds is 6. The molecule has 2 fully saturated rings. The minimum Gasteiger partial charge on any atom is -0.507 e. The maximum Gasteiger partial charge on any atom is 0.128 e. The molecule has 2 heteroatoms. The van der Waals surface area contributed by atoms with Gasteiger partial charge in [-0.1, -0.05) is 125 Å². The molecule has 0 radical (unpaired) electrons. The highest BCUT2D eigenvalue weighted by Crippen LogP contribution is 2.64. The largest absolute Gasteiger partial charge is 0.507 e. The highest BCUT2D eigenvalue weighted by molar-refractivity contribution is 5.86. The van der Waals surface area contributed by atoms with Gasteiger partial charge in [-0.15, -0.1) is 0 Å². The summed E-state index contributed by atoms with van der Waals surface area (Å²) in [6.07, 6.45) is 35.2. The Balaban J connectivity index is 1.09. The number of nitrogens with zero attached hydrogens (tertiary/aromatic N) is 1. The van der Waals surface area contributed by atoms with Crippen LogP contribution in [0.1, 0.15) is 70.1 Å². The van der Waals surface area contributed by atoms with E-state index in [4.69, 9.17) is 0 Å². The van der Waals surface area contributed by atoms with Crippen LogP contribution in [-0.4, -0.2) is 11.3 Å². The normalized spacial score (nSPS) is 31.3. The molecule has 0 aliphatic heterocycles. The smallest absolute Gasteiger partial charge is 0.128 e.